The van der Waals surface area contributed by atoms with Crippen LogP contribution in [0.2, 0.25) is 0 Å². The van der Waals surface area contributed by atoms with Crippen molar-refractivity contribution in [3.05, 3.63) is 427 Å². The van der Waals surface area contributed by atoms with Crippen molar-refractivity contribution in [2.75, 3.05) is 9.80 Å². The lowest BCUT2D eigenvalue weighted by Crippen LogP contribution is -2.14. The molecule has 0 bridgehead atoms. The van der Waals surface area contributed by atoms with Gasteiger partial charge in [0.05, 0.1) is 22.1 Å². The predicted molar refractivity (Wildman–Crippen MR) is 536 cm³/mol. The van der Waals surface area contributed by atoms with Crippen LogP contribution in [-0.4, -0.2) is 9.13 Å². The Labute approximate surface area is 730 Å². The number of aromatic nitrogens is 2. The summed E-state index contributed by atoms with van der Waals surface area (Å²) >= 11 is 0. The van der Waals surface area contributed by atoms with Crippen LogP contribution in [0.25, 0.3) is 122 Å². The van der Waals surface area contributed by atoms with Crippen LogP contribution >= 0.6 is 0 Å². The van der Waals surface area contributed by atoms with Crippen molar-refractivity contribution >= 4 is 145 Å². The Balaban J connectivity index is 0.000000135. The van der Waals surface area contributed by atoms with E-state index in [0.717, 1.165) is 67.7 Å². The van der Waals surface area contributed by atoms with Gasteiger partial charge in [-0.15, -0.1) is 0 Å². The van der Waals surface area contributed by atoms with Gasteiger partial charge in [0.2, 0.25) is 0 Å². The van der Waals surface area contributed by atoms with Crippen LogP contribution in [-0.2, 0) is 21.7 Å². The second kappa shape index (κ2) is 33.1. The van der Waals surface area contributed by atoms with Gasteiger partial charge in [-0.1, -0.05) is 312 Å². The third kappa shape index (κ3) is 16.7. The lowest BCUT2D eigenvalue weighted by atomic mass is 9.76. The van der Waals surface area contributed by atoms with E-state index in [1.165, 1.54) is 98.7 Å². The highest BCUT2D eigenvalue weighted by atomic mass is 16.1. The van der Waals surface area contributed by atoms with Gasteiger partial charge in [-0.2, -0.15) is 0 Å². The molecule has 0 aliphatic carbocycles. The van der Waals surface area contributed by atoms with Crippen molar-refractivity contribution in [3.63, 3.8) is 0 Å². The summed E-state index contributed by atoms with van der Waals surface area (Å²) in [4.78, 5) is 32.2. The summed E-state index contributed by atoms with van der Waals surface area (Å²) in [5, 5.41) is 13.6. The van der Waals surface area contributed by atoms with Gasteiger partial charge in [-0.3, -0.25) is 9.59 Å². The van der Waals surface area contributed by atoms with Crippen LogP contribution in [0.3, 0.4) is 0 Å². The Morgan fingerprint density at radius 2 is 0.452 bits per heavy atom. The molecule has 17 aromatic carbocycles. The first-order valence-corrected chi connectivity index (χ1v) is 43.4. The highest BCUT2D eigenvalue weighted by Crippen LogP contribution is 2.48. The number of rotatable bonds is 12. The number of anilines is 6. The molecule has 19 rings (SSSR count). The summed E-state index contributed by atoms with van der Waals surface area (Å²) in [5.41, 5.74) is 27.3. The first-order chi connectivity index (χ1) is 59.4. The van der Waals surface area contributed by atoms with Gasteiger partial charge in [0.15, 0.2) is 10.9 Å². The molecule has 19 aromatic rings. The van der Waals surface area contributed by atoms with Crippen molar-refractivity contribution in [2.45, 2.75) is 132 Å². The predicted octanol–water partition coefficient (Wildman–Crippen LogP) is 31.7. The minimum Gasteiger partial charge on any atom is -0.311 e. The second-order valence-corrected chi connectivity index (χ2v) is 37.7. The van der Waals surface area contributed by atoms with Crippen molar-refractivity contribution < 1.29 is 0 Å². The third-order valence-electron chi connectivity index (χ3n) is 24.4. The van der Waals surface area contributed by atoms with Gasteiger partial charge >= 0.3 is 0 Å². The van der Waals surface area contributed by atoms with Crippen LogP contribution in [0.5, 0.6) is 0 Å². The number of hydrogen-bond donors (Lipinski definition) is 0. The van der Waals surface area contributed by atoms with Gasteiger partial charge in [0, 0.05) is 67.0 Å². The van der Waals surface area contributed by atoms with Crippen molar-refractivity contribution in [3.8, 4) is 11.4 Å². The van der Waals surface area contributed by atoms with E-state index in [9.17, 15) is 9.59 Å². The zero-order valence-electron chi connectivity index (χ0n) is 74.2. The van der Waals surface area contributed by atoms with E-state index in [1.54, 1.807) is 0 Å². The fourth-order valence-corrected chi connectivity index (χ4v) is 17.1. The molecule has 2 aromatic heterocycles. The maximum Gasteiger partial charge on any atom is 0.197 e. The number of fused-ring (bicyclic) bond motifs is 6. The van der Waals surface area contributed by atoms with E-state index in [0.29, 0.717) is 32.6 Å². The number of pyridine rings is 2. The number of benzene rings is 17. The third-order valence-corrected chi connectivity index (χ3v) is 24.4. The normalized spacial score (nSPS) is 12.2. The van der Waals surface area contributed by atoms with Crippen LogP contribution in [0, 0.1) is 27.7 Å². The molecule has 0 saturated heterocycles. The minimum atomic E-state index is -0.0464. The quantitative estimate of drug-likeness (QED) is 0.0695. The van der Waals surface area contributed by atoms with Gasteiger partial charge in [0.25, 0.3) is 0 Å². The monoisotopic (exact) mass is 1610 g/mol. The molecule has 0 N–H and O–H groups in total. The van der Waals surface area contributed by atoms with Crippen LogP contribution in [0.15, 0.2) is 349 Å². The van der Waals surface area contributed by atoms with Gasteiger partial charge in [-0.05, 0) is 295 Å². The number of para-hydroxylation sites is 4. The standard InChI is InChI=1S/C50H44N2.C36H44.C32H20N2O2/c1-37-5-25-45(26-6-37)51(46-27-7-38(2)8-28-46)49-33-21-43(22-34-49)19-17-41-13-15-42(16-14-41)18-20-44-23-35-50(36-24-44)52(47-29-9-39(3)10-30-47)48-31-11-40(4)12-32-48;1-33(2,3)23-13-21-14-24(34(4,5)6)19-29-30-20-26(36(10,11)12)16-22-15-25(35(7,8)9)18-28(32(22)30)27(17-23)31(21)29;35-31-23-15-7-9-17-27(23)33(21-11-3-1-4-12-21)29-19-26-30(20-25(29)31)34(22-13-5-2-6-14-22)28-18-10-8-16-24(28)32(26)36/h5-36H,1-4H3;13-20H,1-12H3;1-20H/b19-17+,20-18+;;. The zero-order chi connectivity index (χ0) is 86.7. The number of nitrogens with zero attached hydrogens (tertiary/aromatic N) is 4. The fraction of sp³-hybridized carbons (Fsp3) is 0.169. The highest BCUT2D eigenvalue weighted by Gasteiger charge is 2.28. The molecule has 124 heavy (non-hydrogen) atoms. The Hall–Kier alpha value is -13.9. The molecule has 0 spiro atoms. The summed E-state index contributed by atoms with van der Waals surface area (Å²) < 4.78 is 4.15. The summed E-state index contributed by atoms with van der Waals surface area (Å²) in [6, 6.07) is 120. The summed E-state index contributed by atoms with van der Waals surface area (Å²) in [6.45, 7) is 36.5. The maximum absolute atomic E-state index is 13.8. The van der Waals surface area contributed by atoms with Crippen molar-refractivity contribution in [1.82, 2.24) is 9.13 Å². The van der Waals surface area contributed by atoms with Gasteiger partial charge < -0.3 is 18.9 Å². The minimum absolute atomic E-state index is 0.0464. The lowest BCUT2D eigenvalue weighted by Gasteiger charge is -2.28. The lowest BCUT2D eigenvalue weighted by molar-refractivity contribution is 0.589. The molecule has 0 atom stereocenters. The van der Waals surface area contributed by atoms with E-state index in [-0.39, 0.29) is 32.5 Å². The molecule has 0 unspecified atom stereocenters. The van der Waals surface area contributed by atoms with Gasteiger partial charge in [-0.25, -0.2) is 0 Å². The molecule has 0 amide bonds. The Kier molecular flexibility index (Phi) is 22.0. The first-order valence-electron chi connectivity index (χ1n) is 43.4. The molecule has 0 fully saturated rings. The average molecular weight is 1610 g/mol. The Bertz CT molecular complexity index is 6720. The SMILES string of the molecule is CC(C)(C)c1cc2cc(C(C)(C)C)cc3c4cc(C(C)(C)C)cc5cc(C(C)(C)C)cc(c(c1)c23)c54.Cc1ccc(N(c2ccc(C)cc2)c2ccc(/C=C/c3ccc(/C=C/c4ccc(N(c5ccc(C)cc5)c5ccc(C)cc5)cc4)cc3)cc2)cc1.O=c1c2ccccc2n(-c2ccccc2)c2cc3c(=O)c4ccccc4n(-c4ccccc4)c3cc12. The largest absolute Gasteiger partial charge is 0.311 e. The van der Waals surface area contributed by atoms with E-state index < -0.39 is 0 Å². The van der Waals surface area contributed by atoms with E-state index in [4.69, 9.17) is 0 Å². The summed E-state index contributed by atoms with van der Waals surface area (Å²) in [6.07, 6.45) is 8.70. The molecule has 0 saturated carbocycles. The van der Waals surface area contributed by atoms with Gasteiger partial charge in [0.1, 0.15) is 0 Å². The van der Waals surface area contributed by atoms with E-state index >= 15 is 0 Å². The van der Waals surface area contributed by atoms with E-state index in [1.807, 2.05) is 121 Å². The second-order valence-electron chi connectivity index (χ2n) is 37.7. The smallest absolute Gasteiger partial charge is 0.197 e. The fourth-order valence-electron chi connectivity index (χ4n) is 17.1. The van der Waals surface area contributed by atoms with Crippen LogP contribution in [0.1, 0.15) is 150 Å². The first kappa shape index (κ1) is 82.4. The van der Waals surface area contributed by atoms with E-state index in [2.05, 4.69) is 372 Å². The average Bonchev–Trinajstić information content (AvgIpc) is 0.700. The van der Waals surface area contributed by atoms with Crippen LogP contribution in [0.4, 0.5) is 34.1 Å². The molecule has 2 heterocycles. The summed E-state index contributed by atoms with van der Waals surface area (Å²) in [5.74, 6) is 0. The molecule has 6 heteroatoms. The Morgan fingerprint density at radius 1 is 0.226 bits per heavy atom. The molecule has 0 radical (unpaired) electrons. The topological polar surface area (TPSA) is 50.5 Å². The van der Waals surface area contributed by atoms with Crippen LogP contribution < -0.4 is 20.7 Å². The molecule has 612 valence electrons. The molecular formula is C118H108N4O2. The molecule has 0 aliphatic rings. The number of aryl methyl sites for hydroxylation is 4. The van der Waals surface area contributed by atoms with Crippen molar-refractivity contribution in [2.24, 2.45) is 0 Å². The number of hydrogen-bond acceptors (Lipinski definition) is 4. The highest BCUT2D eigenvalue weighted by molar-refractivity contribution is 6.33. The molecule has 6 nitrogen and oxygen atoms in total. The Morgan fingerprint density at radius 3 is 0.702 bits per heavy atom. The van der Waals surface area contributed by atoms with Crippen molar-refractivity contribution in [1.29, 1.82) is 0 Å². The maximum atomic E-state index is 13.8. The summed E-state index contributed by atoms with van der Waals surface area (Å²) in [7, 11) is 0. The molecule has 0 aliphatic heterocycles. The molecular weight excluding hydrogens is 1510 g/mol. The zero-order valence-corrected chi connectivity index (χ0v) is 74.2.